The van der Waals surface area contributed by atoms with Crippen LogP contribution in [0.15, 0.2) is 60.9 Å². The average molecular weight is 390 g/mol. The lowest BCUT2D eigenvalue weighted by molar-refractivity contribution is 0.100. The fraction of sp³-hybridized carbons (Fsp3) is 0.318. The highest BCUT2D eigenvalue weighted by molar-refractivity contribution is 5.93. The van der Waals surface area contributed by atoms with Gasteiger partial charge in [0.05, 0.1) is 0 Å². The van der Waals surface area contributed by atoms with Gasteiger partial charge in [-0.15, -0.1) is 0 Å². The van der Waals surface area contributed by atoms with Crippen molar-refractivity contribution in [2.45, 2.75) is 33.2 Å². The van der Waals surface area contributed by atoms with Crippen LogP contribution in [0.1, 0.15) is 36.2 Å². The van der Waals surface area contributed by atoms with Gasteiger partial charge in [0.1, 0.15) is 0 Å². The molecule has 0 aliphatic carbocycles. The topological polar surface area (TPSA) is 75.3 Å². The number of allylic oxidation sites excluding steroid dienone is 1. The summed E-state index contributed by atoms with van der Waals surface area (Å²) in [5, 5.41) is 11.2. The van der Waals surface area contributed by atoms with Gasteiger partial charge in [0.25, 0.3) is 6.43 Å². The molecule has 6 heteroatoms. The van der Waals surface area contributed by atoms with Crippen molar-refractivity contribution in [2.75, 3.05) is 6.54 Å². The number of hydrogen-bond donors (Lipinski definition) is 3. The van der Waals surface area contributed by atoms with Gasteiger partial charge in [-0.1, -0.05) is 50.8 Å². The van der Waals surface area contributed by atoms with Gasteiger partial charge in [-0.25, -0.2) is 8.78 Å². The number of aliphatic hydroxyl groups is 1. The summed E-state index contributed by atoms with van der Waals surface area (Å²) >= 11 is 0. The second-order valence-corrected chi connectivity index (χ2v) is 6.79. The van der Waals surface area contributed by atoms with E-state index in [0.29, 0.717) is 5.56 Å². The highest BCUT2D eigenvalue weighted by Gasteiger charge is 2.03. The lowest BCUT2D eigenvalue weighted by Crippen LogP contribution is -2.16. The maximum atomic E-state index is 11.1. The summed E-state index contributed by atoms with van der Waals surface area (Å²) in [4.78, 5) is 11.1. The Kier molecular flexibility index (Phi) is 9.88. The third-order valence-electron chi connectivity index (χ3n) is 3.91. The molecule has 0 spiro atoms. The summed E-state index contributed by atoms with van der Waals surface area (Å²) in [7, 11) is 0. The Hall–Kier alpha value is -2.73. The van der Waals surface area contributed by atoms with Gasteiger partial charge in [-0.05, 0) is 53.8 Å². The molecule has 0 aliphatic heterocycles. The van der Waals surface area contributed by atoms with Gasteiger partial charge < -0.3 is 16.2 Å². The van der Waals surface area contributed by atoms with E-state index >= 15 is 0 Å². The Bertz CT molecular complexity index is 759. The van der Waals surface area contributed by atoms with Crippen LogP contribution in [0.4, 0.5) is 8.78 Å². The first-order chi connectivity index (χ1) is 13.2. The van der Waals surface area contributed by atoms with E-state index in [1.807, 2.05) is 12.1 Å². The van der Waals surface area contributed by atoms with Crippen molar-refractivity contribution in [3.8, 4) is 11.1 Å². The summed E-state index contributed by atoms with van der Waals surface area (Å²) in [6, 6.07) is 15.9. The lowest BCUT2D eigenvalue weighted by Gasteiger charge is -2.09. The molecule has 0 saturated carbocycles. The summed E-state index contributed by atoms with van der Waals surface area (Å²) in [5.74, 6) is -0.743. The third kappa shape index (κ3) is 8.77. The number of carbonyl (C=O) groups is 1. The van der Waals surface area contributed by atoms with E-state index in [2.05, 4.69) is 50.0 Å². The smallest absolute Gasteiger partial charge is 0.293 e. The van der Waals surface area contributed by atoms with E-state index in [9.17, 15) is 13.6 Å². The van der Waals surface area contributed by atoms with Crippen molar-refractivity contribution < 1.29 is 18.7 Å². The molecule has 4 nitrogen and oxygen atoms in total. The van der Waals surface area contributed by atoms with Crippen molar-refractivity contribution in [1.82, 2.24) is 5.32 Å². The second-order valence-electron chi connectivity index (χ2n) is 6.79. The summed E-state index contributed by atoms with van der Waals surface area (Å²) in [5.41, 5.74) is 9.31. The van der Waals surface area contributed by atoms with E-state index in [-0.39, 0.29) is 0 Å². The first-order valence-electron chi connectivity index (χ1n) is 9.06. The number of nitrogens with two attached hydrogens (primary N) is 1. The zero-order valence-electron chi connectivity index (χ0n) is 16.3. The van der Waals surface area contributed by atoms with Crippen LogP contribution in [0.5, 0.6) is 0 Å². The van der Waals surface area contributed by atoms with Gasteiger partial charge in [-0.3, -0.25) is 4.79 Å². The van der Waals surface area contributed by atoms with Crippen molar-refractivity contribution in [2.24, 2.45) is 11.7 Å². The fourth-order valence-electron chi connectivity index (χ4n) is 2.31. The summed E-state index contributed by atoms with van der Waals surface area (Å²) in [6.45, 7) is 8.94. The Balaban J connectivity index is 0.000000568. The minimum atomic E-state index is -2.79. The van der Waals surface area contributed by atoms with Gasteiger partial charge in [0.15, 0.2) is 5.76 Å². The minimum absolute atomic E-state index is 0.394. The maximum Gasteiger partial charge on any atom is 0.293 e. The molecule has 0 aromatic heterocycles. The highest BCUT2D eigenvalue weighted by atomic mass is 19.3. The van der Waals surface area contributed by atoms with Crippen molar-refractivity contribution in [3.05, 3.63) is 72.0 Å². The molecule has 152 valence electrons. The quantitative estimate of drug-likeness (QED) is 0.443. The van der Waals surface area contributed by atoms with Crippen molar-refractivity contribution in [1.29, 1.82) is 0 Å². The van der Waals surface area contributed by atoms with E-state index in [4.69, 9.17) is 10.8 Å². The number of alkyl halides is 2. The predicted octanol–water partition coefficient (Wildman–Crippen LogP) is 4.91. The van der Waals surface area contributed by atoms with Gasteiger partial charge >= 0.3 is 0 Å². The number of primary amides is 1. The number of amides is 1. The van der Waals surface area contributed by atoms with Crippen LogP contribution in [0.25, 0.3) is 11.1 Å². The normalized spacial score (nSPS) is 10.5. The summed E-state index contributed by atoms with van der Waals surface area (Å²) < 4.78 is 21.6. The number of hydrogen-bond acceptors (Lipinski definition) is 3. The molecular weight excluding hydrogens is 362 g/mol. The molecule has 28 heavy (non-hydrogen) atoms. The van der Waals surface area contributed by atoms with E-state index in [1.54, 1.807) is 12.1 Å². The molecule has 4 N–H and O–H groups in total. The maximum absolute atomic E-state index is 11.1. The van der Waals surface area contributed by atoms with Crippen LogP contribution >= 0.6 is 0 Å². The number of rotatable bonds is 8. The average Bonchev–Trinajstić information content (AvgIpc) is 2.66. The Labute approximate surface area is 165 Å². The van der Waals surface area contributed by atoms with Crippen LogP contribution in [0.2, 0.25) is 0 Å². The molecule has 0 saturated heterocycles. The third-order valence-corrected chi connectivity index (χ3v) is 3.91. The Morgan fingerprint density at radius 1 is 1.14 bits per heavy atom. The zero-order chi connectivity index (χ0) is 21.1. The van der Waals surface area contributed by atoms with Gasteiger partial charge in [-0.2, -0.15) is 0 Å². The monoisotopic (exact) mass is 390 g/mol. The fourth-order valence-corrected chi connectivity index (χ4v) is 2.31. The standard InChI is InChI=1S/C19H24N2O.C3H4F2O/c1-14(2)10-11-21-13-15-4-3-5-18(12-15)16-6-8-17(9-7-16)19(20)22;1-2(6)3(4)5/h3-9,12,14,21H,10-11,13H2,1-2H3,(H2,20,22);3,6H,1H2. The molecule has 2 aromatic carbocycles. The second kappa shape index (κ2) is 11.9. The summed E-state index contributed by atoms with van der Waals surface area (Å²) in [6.07, 6.45) is -1.60. The first-order valence-corrected chi connectivity index (χ1v) is 9.06. The molecule has 0 unspecified atom stereocenters. The van der Waals surface area contributed by atoms with Crippen LogP contribution < -0.4 is 11.1 Å². The van der Waals surface area contributed by atoms with Crippen LogP contribution in [0, 0.1) is 5.92 Å². The van der Waals surface area contributed by atoms with Crippen molar-refractivity contribution in [3.63, 3.8) is 0 Å². The van der Waals surface area contributed by atoms with Crippen molar-refractivity contribution >= 4 is 5.91 Å². The SMILES string of the molecule is C=C(O)C(F)F.CC(C)CCNCc1cccc(-c2ccc(C(N)=O)cc2)c1. The molecular formula is C22H28F2N2O2. The minimum Gasteiger partial charge on any atom is -0.507 e. The largest absolute Gasteiger partial charge is 0.507 e. The molecule has 0 aliphatic rings. The number of benzene rings is 2. The molecule has 2 aromatic rings. The van der Waals surface area contributed by atoms with E-state index in [1.165, 1.54) is 12.0 Å². The van der Waals surface area contributed by atoms with E-state index in [0.717, 1.165) is 30.1 Å². The Morgan fingerprint density at radius 3 is 2.25 bits per heavy atom. The highest BCUT2D eigenvalue weighted by Crippen LogP contribution is 2.21. The van der Waals surface area contributed by atoms with Crippen LogP contribution in [-0.4, -0.2) is 24.0 Å². The molecule has 0 radical (unpaired) electrons. The molecule has 0 atom stereocenters. The van der Waals surface area contributed by atoms with Gasteiger partial charge in [0.2, 0.25) is 5.91 Å². The number of nitrogens with one attached hydrogen (secondary N) is 1. The molecule has 0 heterocycles. The molecule has 2 rings (SSSR count). The molecule has 0 fully saturated rings. The van der Waals surface area contributed by atoms with Crippen LogP contribution in [0.3, 0.4) is 0 Å². The van der Waals surface area contributed by atoms with E-state index < -0.39 is 18.1 Å². The van der Waals surface area contributed by atoms with Gasteiger partial charge in [0, 0.05) is 12.1 Å². The predicted molar refractivity (Wildman–Crippen MR) is 109 cm³/mol. The lowest BCUT2D eigenvalue weighted by atomic mass is 10.0. The number of halogens is 2. The zero-order valence-corrected chi connectivity index (χ0v) is 16.3. The van der Waals surface area contributed by atoms with Crippen LogP contribution in [-0.2, 0) is 6.54 Å². The first kappa shape index (κ1) is 23.3. The number of carbonyl (C=O) groups excluding carboxylic acids is 1. The Morgan fingerprint density at radius 2 is 1.75 bits per heavy atom. The number of aliphatic hydroxyl groups excluding tert-OH is 1. The molecule has 0 bridgehead atoms. The molecule has 1 amide bonds.